The quantitative estimate of drug-likeness (QED) is 0.889. The van der Waals surface area contributed by atoms with Gasteiger partial charge in [0.25, 0.3) is 0 Å². The lowest BCUT2D eigenvalue weighted by atomic mass is 9.92. The first kappa shape index (κ1) is 12.3. The van der Waals surface area contributed by atoms with Gasteiger partial charge in [0.05, 0.1) is 12.2 Å². The number of aromatic nitrogens is 2. The summed E-state index contributed by atoms with van der Waals surface area (Å²) in [5, 5.41) is 8.11. The van der Waals surface area contributed by atoms with Crippen LogP contribution in [0.4, 0.5) is 5.69 Å². The van der Waals surface area contributed by atoms with Crippen LogP contribution in [0.15, 0.2) is 24.4 Å². The Balaban J connectivity index is 1.91. The van der Waals surface area contributed by atoms with Crippen molar-refractivity contribution >= 4 is 5.69 Å². The summed E-state index contributed by atoms with van der Waals surface area (Å²) in [6, 6.07) is 6.86. The van der Waals surface area contributed by atoms with Gasteiger partial charge in [-0.25, -0.2) is 0 Å². The number of benzene rings is 1. The van der Waals surface area contributed by atoms with E-state index in [0.717, 1.165) is 6.42 Å². The second-order valence-electron chi connectivity index (χ2n) is 5.51. The fourth-order valence-corrected chi connectivity index (χ4v) is 2.95. The van der Waals surface area contributed by atoms with Crippen LogP contribution in [0.25, 0.3) is 0 Å². The highest BCUT2D eigenvalue weighted by atomic mass is 15.3. The van der Waals surface area contributed by atoms with Crippen molar-refractivity contribution in [3.05, 3.63) is 46.8 Å². The topological polar surface area (TPSA) is 29.9 Å². The number of hydrogen-bond donors (Lipinski definition) is 1. The molecule has 0 fully saturated rings. The Labute approximate surface area is 114 Å². The van der Waals surface area contributed by atoms with Crippen molar-refractivity contribution in [2.24, 2.45) is 7.05 Å². The van der Waals surface area contributed by atoms with Crippen molar-refractivity contribution in [2.45, 2.75) is 39.2 Å². The van der Waals surface area contributed by atoms with Crippen LogP contribution in [0.1, 0.15) is 41.3 Å². The highest BCUT2D eigenvalue weighted by molar-refractivity contribution is 5.55. The Hall–Kier alpha value is -1.77. The van der Waals surface area contributed by atoms with E-state index in [2.05, 4.69) is 42.5 Å². The number of fused-ring (bicyclic) bond motifs is 1. The van der Waals surface area contributed by atoms with Crippen molar-refractivity contribution in [3.63, 3.8) is 0 Å². The van der Waals surface area contributed by atoms with E-state index in [-0.39, 0.29) is 0 Å². The van der Waals surface area contributed by atoms with Gasteiger partial charge in [-0.15, -0.1) is 0 Å². The third-order valence-corrected chi connectivity index (χ3v) is 4.31. The van der Waals surface area contributed by atoms with Crippen molar-refractivity contribution in [3.8, 4) is 0 Å². The number of nitrogens with one attached hydrogen (secondary N) is 1. The number of aryl methyl sites for hydroxylation is 2. The first-order valence-corrected chi connectivity index (χ1v) is 7.00. The zero-order chi connectivity index (χ0) is 13.4. The second-order valence-corrected chi connectivity index (χ2v) is 5.51. The van der Waals surface area contributed by atoms with Crippen LogP contribution in [-0.2, 0) is 13.5 Å². The summed E-state index contributed by atoms with van der Waals surface area (Å²) < 4.78 is 2.02. The van der Waals surface area contributed by atoms with E-state index < -0.39 is 0 Å². The molecule has 2 aromatic rings. The van der Waals surface area contributed by atoms with Crippen molar-refractivity contribution in [1.29, 1.82) is 0 Å². The normalized spacial score (nSPS) is 18.2. The summed E-state index contributed by atoms with van der Waals surface area (Å²) in [6.07, 6.45) is 5.59. The molecule has 0 amide bonds. The maximum absolute atomic E-state index is 4.41. The molecule has 1 unspecified atom stereocenters. The molecule has 3 nitrogen and oxygen atoms in total. The average molecular weight is 255 g/mol. The van der Waals surface area contributed by atoms with E-state index >= 15 is 0 Å². The van der Waals surface area contributed by atoms with E-state index in [1.54, 1.807) is 0 Å². The molecule has 1 aliphatic rings. The van der Waals surface area contributed by atoms with Gasteiger partial charge in [0.1, 0.15) is 0 Å². The maximum Gasteiger partial charge on any atom is 0.0547 e. The minimum Gasteiger partial charge on any atom is -0.378 e. The van der Waals surface area contributed by atoms with Gasteiger partial charge >= 0.3 is 0 Å². The monoisotopic (exact) mass is 255 g/mol. The highest BCUT2D eigenvalue weighted by Crippen LogP contribution is 2.33. The Morgan fingerprint density at radius 3 is 3.00 bits per heavy atom. The zero-order valence-electron chi connectivity index (χ0n) is 11.9. The molecule has 1 atom stereocenters. The maximum atomic E-state index is 4.41. The van der Waals surface area contributed by atoms with Crippen LogP contribution in [0.5, 0.6) is 0 Å². The largest absolute Gasteiger partial charge is 0.378 e. The average Bonchev–Trinajstić information content (AvgIpc) is 2.78. The molecule has 0 bridgehead atoms. The fourth-order valence-electron chi connectivity index (χ4n) is 2.95. The van der Waals surface area contributed by atoms with E-state index in [0.29, 0.717) is 6.04 Å². The molecule has 0 saturated heterocycles. The molecule has 0 radical (unpaired) electrons. The Bertz CT molecular complexity index is 598. The predicted molar refractivity (Wildman–Crippen MR) is 78.4 cm³/mol. The lowest BCUT2D eigenvalue weighted by Crippen LogP contribution is -2.18. The molecular formula is C16H21N3. The van der Waals surface area contributed by atoms with E-state index in [1.807, 2.05) is 17.9 Å². The van der Waals surface area contributed by atoms with E-state index in [9.17, 15) is 0 Å². The van der Waals surface area contributed by atoms with Crippen molar-refractivity contribution < 1.29 is 0 Å². The van der Waals surface area contributed by atoms with Gasteiger partial charge in [-0.1, -0.05) is 12.1 Å². The molecule has 3 rings (SSSR count). The summed E-state index contributed by atoms with van der Waals surface area (Å²) in [6.45, 7) is 4.35. The van der Waals surface area contributed by atoms with Gasteiger partial charge in [-0.2, -0.15) is 5.10 Å². The summed E-state index contributed by atoms with van der Waals surface area (Å²) in [4.78, 5) is 0. The molecule has 0 spiro atoms. The molecule has 1 aromatic carbocycles. The molecule has 0 aliphatic heterocycles. The van der Waals surface area contributed by atoms with E-state index in [1.165, 1.54) is 40.9 Å². The molecule has 1 heterocycles. The molecule has 1 aliphatic carbocycles. The van der Waals surface area contributed by atoms with Crippen LogP contribution in [0, 0.1) is 13.8 Å². The highest BCUT2D eigenvalue weighted by Gasteiger charge is 2.23. The van der Waals surface area contributed by atoms with Gasteiger partial charge in [0.2, 0.25) is 0 Å². The molecule has 100 valence electrons. The van der Waals surface area contributed by atoms with Gasteiger partial charge in [0.15, 0.2) is 0 Å². The molecule has 1 N–H and O–H groups in total. The second kappa shape index (κ2) is 4.72. The summed E-state index contributed by atoms with van der Waals surface area (Å²) in [5.41, 5.74) is 6.69. The smallest absolute Gasteiger partial charge is 0.0547 e. The Morgan fingerprint density at radius 1 is 1.32 bits per heavy atom. The third kappa shape index (κ3) is 2.14. The first-order chi connectivity index (χ1) is 9.16. The van der Waals surface area contributed by atoms with Gasteiger partial charge in [-0.05, 0) is 50.3 Å². The molecular weight excluding hydrogens is 234 g/mol. The first-order valence-electron chi connectivity index (χ1n) is 7.00. The van der Waals surface area contributed by atoms with Crippen molar-refractivity contribution in [1.82, 2.24) is 9.78 Å². The Morgan fingerprint density at radius 2 is 2.16 bits per heavy atom. The molecule has 1 aromatic heterocycles. The van der Waals surface area contributed by atoms with Crippen LogP contribution in [0.2, 0.25) is 0 Å². The SMILES string of the molecule is Cc1cccc(NC2CCCc3c2cnn3C)c1C. The molecule has 19 heavy (non-hydrogen) atoms. The minimum absolute atomic E-state index is 0.401. The molecule has 0 saturated carbocycles. The zero-order valence-corrected chi connectivity index (χ0v) is 11.9. The van der Waals surface area contributed by atoms with Crippen LogP contribution < -0.4 is 5.32 Å². The number of rotatable bonds is 2. The Kier molecular flexibility index (Phi) is 3.05. The lowest BCUT2D eigenvalue weighted by Gasteiger charge is -2.26. The summed E-state index contributed by atoms with van der Waals surface area (Å²) in [5.74, 6) is 0. The van der Waals surface area contributed by atoms with Crippen LogP contribution in [0.3, 0.4) is 0 Å². The van der Waals surface area contributed by atoms with Gasteiger partial charge in [-0.3, -0.25) is 4.68 Å². The predicted octanol–water partition coefficient (Wildman–Crippen LogP) is 3.53. The van der Waals surface area contributed by atoms with Crippen LogP contribution >= 0.6 is 0 Å². The van der Waals surface area contributed by atoms with E-state index in [4.69, 9.17) is 0 Å². The third-order valence-electron chi connectivity index (χ3n) is 4.31. The minimum atomic E-state index is 0.401. The van der Waals surface area contributed by atoms with Gasteiger partial charge < -0.3 is 5.32 Å². The lowest BCUT2D eigenvalue weighted by molar-refractivity contribution is 0.571. The summed E-state index contributed by atoms with van der Waals surface area (Å²) >= 11 is 0. The van der Waals surface area contributed by atoms with Gasteiger partial charge in [0, 0.05) is 24.0 Å². The van der Waals surface area contributed by atoms with Crippen molar-refractivity contribution in [2.75, 3.05) is 5.32 Å². The number of nitrogens with zero attached hydrogens (tertiary/aromatic N) is 2. The fraction of sp³-hybridized carbons (Fsp3) is 0.438. The number of anilines is 1. The number of hydrogen-bond acceptors (Lipinski definition) is 2. The summed E-state index contributed by atoms with van der Waals surface area (Å²) in [7, 11) is 2.04. The standard InChI is InChI=1S/C16H21N3/c1-11-6-4-7-14(12(11)2)18-15-8-5-9-16-13(15)10-17-19(16)3/h4,6-7,10,15,18H,5,8-9H2,1-3H3. The molecule has 3 heteroatoms. The van der Waals surface area contributed by atoms with Crippen LogP contribution in [-0.4, -0.2) is 9.78 Å².